The molecule has 0 amide bonds. The normalized spacial score (nSPS) is 15.0. The van der Waals surface area contributed by atoms with Crippen LogP contribution in [0.2, 0.25) is 0 Å². The molecular formula is C7H10N3S2+. The molecule has 0 unspecified atom stereocenters. The van der Waals surface area contributed by atoms with E-state index in [0.717, 1.165) is 16.7 Å². The third kappa shape index (κ3) is 1.34. The molecule has 1 aromatic rings. The van der Waals surface area contributed by atoms with E-state index < -0.39 is 0 Å². The number of hydrogen-bond donors (Lipinski definition) is 1. The van der Waals surface area contributed by atoms with E-state index in [0.29, 0.717) is 0 Å². The van der Waals surface area contributed by atoms with Gasteiger partial charge in [0.15, 0.2) is 5.03 Å². The van der Waals surface area contributed by atoms with Crippen molar-refractivity contribution in [2.75, 3.05) is 11.6 Å². The summed E-state index contributed by atoms with van der Waals surface area (Å²) in [4.78, 5) is 0. The molecule has 2 rings (SSSR count). The fourth-order valence-corrected chi connectivity index (χ4v) is 2.41. The van der Waals surface area contributed by atoms with Gasteiger partial charge in [-0.15, -0.1) is 4.68 Å². The van der Waals surface area contributed by atoms with E-state index in [2.05, 4.69) is 22.7 Å². The molecule has 0 saturated heterocycles. The maximum Gasteiger partial charge on any atom is 0.362 e. The topological polar surface area (TPSA) is 28.8 Å². The summed E-state index contributed by atoms with van der Waals surface area (Å²) in [6.45, 7) is 2.92. The second kappa shape index (κ2) is 3.06. The Balaban J connectivity index is 2.29. The Morgan fingerprint density at radius 3 is 3.33 bits per heavy atom. The Morgan fingerprint density at radius 2 is 2.58 bits per heavy atom. The van der Waals surface area contributed by atoms with Gasteiger partial charge in [-0.3, -0.25) is 0 Å². The molecule has 1 aliphatic rings. The average molecular weight is 200 g/mol. The molecule has 0 radical (unpaired) electrons. The fourth-order valence-electron chi connectivity index (χ4n) is 1.10. The minimum Gasteiger partial charge on any atom is -0.224 e. The molecule has 0 bridgehead atoms. The number of hydrogen-bond acceptors (Lipinski definition) is 4. The van der Waals surface area contributed by atoms with Crippen LogP contribution in [0.1, 0.15) is 5.01 Å². The fraction of sp³-hybridized carbons (Fsp3) is 0.429. The highest BCUT2D eigenvalue weighted by molar-refractivity contribution is 8.02. The third-order valence-corrected chi connectivity index (χ3v) is 3.23. The molecule has 0 aliphatic carbocycles. The summed E-state index contributed by atoms with van der Waals surface area (Å²) in [7, 11) is 0. The Morgan fingerprint density at radius 1 is 1.75 bits per heavy atom. The molecule has 5 heteroatoms. The van der Waals surface area contributed by atoms with Gasteiger partial charge in [-0.25, -0.2) is 5.32 Å². The molecule has 12 heavy (non-hydrogen) atoms. The average Bonchev–Trinajstić information content (AvgIpc) is 2.43. The molecule has 3 nitrogen and oxygen atoms in total. The van der Waals surface area contributed by atoms with Crippen LogP contribution in [0.4, 0.5) is 5.13 Å². The number of nitrogens with zero attached hydrogens (tertiary/aromatic N) is 2. The standard InChI is InChI=1S/C7H9N3S2/c1-5-9-10-4-3-6(11-2)8-7(10)12-5/h3H,4H2,1-2H3/p+1. The second-order valence-electron chi connectivity index (χ2n) is 2.51. The van der Waals surface area contributed by atoms with E-state index in [1.54, 1.807) is 23.1 Å². The first-order valence-electron chi connectivity index (χ1n) is 3.68. The largest absolute Gasteiger partial charge is 0.362 e. The van der Waals surface area contributed by atoms with Gasteiger partial charge in [0.1, 0.15) is 11.6 Å². The van der Waals surface area contributed by atoms with Crippen LogP contribution in [0.15, 0.2) is 11.1 Å². The van der Waals surface area contributed by atoms with Crippen LogP contribution in [-0.4, -0.2) is 11.4 Å². The maximum absolute atomic E-state index is 4.34. The molecule has 0 aromatic carbocycles. The summed E-state index contributed by atoms with van der Waals surface area (Å²) in [5.41, 5.74) is 0. The zero-order valence-electron chi connectivity index (χ0n) is 7.00. The number of anilines is 1. The zero-order valence-corrected chi connectivity index (χ0v) is 8.63. The smallest absolute Gasteiger partial charge is 0.224 e. The van der Waals surface area contributed by atoms with Crippen LogP contribution in [-0.2, 0) is 6.54 Å². The summed E-state index contributed by atoms with van der Waals surface area (Å²) in [5, 5.41) is 11.1. The second-order valence-corrected chi connectivity index (χ2v) is 4.54. The molecule has 0 saturated carbocycles. The Kier molecular flexibility index (Phi) is 2.06. The number of rotatable bonds is 1. The third-order valence-electron chi connectivity index (χ3n) is 1.64. The van der Waals surface area contributed by atoms with Gasteiger partial charge in [0.2, 0.25) is 0 Å². The molecule has 0 spiro atoms. The predicted octanol–water partition coefficient (Wildman–Crippen LogP) is 1.37. The Labute approximate surface area is 79.5 Å². The van der Waals surface area contributed by atoms with Crippen molar-refractivity contribution in [1.82, 2.24) is 5.10 Å². The van der Waals surface area contributed by atoms with Crippen LogP contribution < -0.4 is 10.00 Å². The first-order chi connectivity index (χ1) is 5.79. The lowest BCUT2D eigenvalue weighted by molar-refractivity contribution is -0.728. The Bertz CT molecular complexity index is 329. The van der Waals surface area contributed by atoms with E-state index >= 15 is 0 Å². The summed E-state index contributed by atoms with van der Waals surface area (Å²) >= 11 is 3.43. The van der Waals surface area contributed by atoms with Crippen molar-refractivity contribution in [2.24, 2.45) is 0 Å². The summed E-state index contributed by atoms with van der Waals surface area (Å²) in [5.74, 6) is 0. The zero-order chi connectivity index (χ0) is 8.55. The van der Waals surface area contributed by atoms with Crippen molar-refractivity contribution >= 4 is 28.2 Å². The quantitative estimate of drug-likeness (QED) is 0.694. The number of aromatic nitrogens is 2. The van der Waals surface area contributed by atoms with Gasteiger partial charge in [0.25, 0.3) is 0 Å². The van der Waals surface area contributed by atoms with Crippen LogP contribution in [0.5, 0.6) is 0 Å². The molecule has 2 heterocycles. The van der Waals surface area contributed by atoms with Crippen LogP contribution >= 0.6 is 23.1 Å². The SMILES string of the molecule is CSC1=CC[n+]2nc(C)sc2N1. The number of thioether (sulfide) groups is 1. The van der Waals surface area contributed by atoms with Crippen molar-refractivity contribution in [3.63, 3.8) is 0 Å². The Hall–Kier alpha value is -0.550. The summed E-state index contributed by atoms with van der Waals surface area (Å²) in [6.07, 6.45) is 4.22. The van der Waals surface area contributed by atoms with Gasteiger partial charge < -0.3 is 0 Å². The van der Waals surface area contributed by atoms with E-state index in [-0.39, 0.29) is 0 Å². The van der Waals surface area contributed by atoms with Crippen molar-refractivity contribution in [2.45, 2.75) is 13.5 Å². The molecule has 1 aliphatic heterocycles. The maximum atomic E-state index is 4.34. The highest BCUT2D eigenvalue weighted by Gasteiger charge is 2.20. The number of fused-ring (bicyclic) bond motifs is 1. The molecule has 0 atom stereocenters. The minimum absolute atomic E-state index is 0.892. The van der Waals surface area contributed by atoms with Crippen LogP contribution in [0, 0.1) is 6.92 Å². The van der Waals surface area contributed by atoms with Crippen LogP contribution in [0.3, 0.4) is 0 Å². The summed E-state index contributed by atoms with van der Waals surface area (Å²) in [6, 6.07) is 0. The highest BCUT2D eigenvalue weighted by atomic mass is 32.2. The minimum atomic E-state index is 0.892. The molecule has 1 N–H and O–H groups in total. The monoisotopic (exact) mass is 200 g/mol. The number of allylic oxidation sites excluding steroid dienone is 1. The predicted molar refractivity (Wildman–Crippen MR) is 52.3 cm³/mol. The van der Waals surface area contributed by atoms with Crippen molar-refractivity contribution in [1.29, 1.82) is 0 Å². The van der Waals surface area contributed by atoms with Gasteiger partial charge in [-0.2, -0.15) is 0 Å². The van der Waals surface area contributed by atoms with Gasteiger partial charge in [0, 0.05) is 6.08 Å². The number of nitrogens with one attached hydrogen (secondary N) is 1. The lowest BCUT2D eigenvalue weighted by atomic mass is 10.5. The van der Waals surface area contributed by atoms with Crippen LogP contribution in [0.25, 0.3) is 0 Å². The molecular weight excluding hydrogens is 190 g/mol. The molecule has 0 fully saturated rings. The van der Waals surface area contributed by atoms with Gasteiger partial charge in [-0.05, 0) is 24.5 Å². The van der Waals surface area contributed by atoms with E-state index in [1.807, 2.05) is 11.6 Å². The van der Waals surface area contributed by atoms with Gasteiger partial charge in [0.05, 0.1) is 0 Å². The van der Waals surface area contributed by atoms with Crippen molar-refractivity contribution in [3.8, 4) is 0 Å². The first kappa shape index (κ1) is 8.07. The van der Waals surface area contributed by atoms with E-state index in [9.17, 15) is 0 Å². The summed E-state index contributed by atoms with van der Waals surface area (Å²) < 4.78 is 1.99. The number of aryl methyl sites for hydroxylation is 1. The lowest BCUT2D eigenvalue weighted by Crippen LogP contribution is -2.40. The molecule has 1 aromatic heterocycles. The lowest BCUT2D eigenvalue weighted by Gasteiger charge is -2.04. The van der Waals surface area contributed by atoms with Crippen molar-refractivity contribution < 1.29 is 4.68 Å². The first-order valence-corrected chi connectivity index (χ1v) is 5.72. The van der Waals surface area contributed by atoms with Gasteiger partial charge >= 0.3 is 5.13 Å². The van der Waals surface area contributed by atoms with Gasteiger partial charge in [-0.1, -0.05) is 16.9 Å². The van der Waals surface area contributed by atoms with E-state index in [1.165, 1.54) is 5.03 Å². The van der Waals surface area contributed by atoms with E-state index in [4.69, 9.17) is 0 Å². The highest BCUT2D eigenvalue weighted by Crippen LogP contribution is 2.21. The molecule has 64 valence electrons. The van der Waals surface area contributed by atoms with Crippen molar-refractivity contribution in [3.05, 3.63) is 16.1 Å².